The summed E-state index contributed by atoms with van der Waals surface area (Å²) in [5, 5.41) is 0. The zero-order valence-electron chi connectivity index (χ0n) is 23.6. The first-order valence-electron chi connectivity index (χ1n) is 14.9. The van der Waals surface area contributed by atoms with Crippen LogP contribution < -0.4 is 0 Å². The third-order valence-electron chi connectivity index (χ3n) is 8.44. The lowest BCUT2D eigenvalue weighted by Crippen LogP contribution is -2.29. The maximum Gasteiger partial charge on any atom is 0.305 e. The summed E-state index contributed by atoms with van der Waals surface area (Å²) < 4.78 is 16.9. The Labute approximate surface area is 225 Å². The second-order valence-electron chi connectivity index (χ2n) is 11.5. The molecule has 0 spiro atoms. The van der Waals surface area contributed by atoms with Crippen LogP contribution in [0.4, 0.5) is 0 Å². The molecule has 208 valence electrons. The molecule has 5 nitrogen and oxygen atoms in total. The van der Waals surface area contributed by atoms with E-state index >= 15 is 0 Å². The molecule has 3 rings (SSSR count). The minimum atomic E-state index is -0.197. The molecule has 0 aromatic heterocycles. The summed E-state index contributed by atoms with van der Waals surface area (Å²) in [6.45, 7) is 6.64. The molecule has 1 aliphatic carbocycles. The molecular formula is C32H50O5. The largest absolute Gasteiger partial charge is 0.469 e. The highest BCUT2D eigenvalue weighted by Crippen LogP contribution is 2.41. The molecule has 0 N–H and O–H groups in total. The number of carbonyl (C=O) groups excluding carboxylic acids is 2. The van der Waals surface area contributed by atoms with Gasteiger partial charge in [-0.15, -0.1) is 0 Å². The van der Waals surface area contributed by atoms with Crippen LogP contribution in [0.25, 0.3) is 0 Å². The number of Topliss-reactive ketones (excluding diaryl/α,β-unsaturated/α-hetero) is 1. The Balaban J connectivity index is 1.62. The van der Waals surface area contributed by atoms with Gasteiger partial charge in [0.05, 0.1) is 13.2 Å². The quantitative estimate of drug-likeness (QED) is 0.191. The smallest absolute Gasteiger partial charge is 0.305 e. The van der Waals surface area contributed by atoms with Crippen LogP contribution in [0.3, 0.4) is 0 Å². The summed E-state index contributed by atoms with van der Waals surface area (Å²) in [5.74, 6) is 1.95. The van der Waals surface area contributed by atoms with Gasteiger partial charge in [-0.25, -0.2) is 0 Å². The van der Waals surface area contributed by atoms with Gasteiger partial charge in [0, 0.05) is 38.6 Å². The Hall–Kier alpha value is -1.72. The number of ether oxygens (including phenoxy) is 3. The second-order valence-corrected chi connectivity index (χ2v) is 11.5. The maximum absolute atomic E-state index is 13.6. The SMILES string of the molecule is CCCC(CC(=O)C1CCCC(C(OCCCC(=O)OC)c2cccc(C)c2)C1)CC1CCCOCC1. The van der Waals surface area contributed by atoms with Crippen LogP contribution in [0.1, 0.15) is 108 Å². The number of benzene rings is 1. The number of hydrogen-bond acceptors (Lipinski definition) is 5. The lowest BCUT2D eigenvalue weighted by atomic mass is 9.73. The van der Waals surface area contributed by atoms with E-state index in [9.17, 15) is 9.59 Å². The highest BCUT2D eigenvalue weighted by atomic mass is 16.5. The fraction of sp³-hybridized carbons (Fsp3) is 0.750. The highest BCUT2D eigenvalue weighted by Gasteiger charge is 2.34. The molecule has 0 radical (unpaired) electrons. The van der Waals surface area contributed by atoms with Crippen LogP contribution in [-0.4, -0.2) is 38.7 Å². The van der Waals surface area contributed by atoms with Crippen molar-refractivity contribution in [1.29, 1.82) is 0 Å². The lowest BCUT2D eigenvalue weighted by molar-refractivity contribution is -0.141. The van der Waals surface area contributed by atoms with Crippen molar-refractivity contribution in [3.8, 4) is 0 Å². The van der Waals surface area contributed by atoms with E-state index in [4.69, 9.17) is 14.2 Å². The number of esters is 1. The Morgan fingerprint density at radius 1 is 1.11 bits per heavy atom. The normalized spacial score (nSPS) is 24.1. The molecule has 1 saturated carbocycles. The molecule has 2 fully saturated rings. The molecule has 0 bridgehead atoms. The molecular weight excluding hydrogens is 464 g/mol. The van der Waals surface area contributed by atoms with Gasteiger partial charge in [0.25, 0.3) is 0 Å². The average Bonchev–Trinajstić information content (AvgIpc) is 3.17. The molecule has 1 aliphatic heterocycles. The molecule has 1 saturated heterocycles. The number of ketones is 1. The van der Waals surface area contributed by atoms with Crippen LogP contribution >= 0.6 is 0 Å². The maximum atomic E-state index is 13.6. The van der Waals surface area contributed by atoms with Crippen molar-refractivity contribution in [1.82, 2.24) is 0 Å². The van der Waals surface area contributed by atoms with Crippen molar-refractivity contribution in [3.05, 3.63) is 35.4 Å². The van der Waals surface area contributed by atoms with Crippen molar-refractivity contribution in [3.63, 3.8) is 0 Å². The fourth-order valence-electron chi connectivity index (χ4n) is 6.52. The van der Waals surface area contributed by atoms with Gasteiger partial charge in [0.1, 0.15) is 5.78 Å². The van der Waals surface area contributed by atoms with Crippen molar-refractivity contribution in [2.24, 2.45) is 23.7 Å². The van der Waals surface area contributed by atoms with Gasteiger partial charge in [-0.2, -0.15) is 0 Å². The first kappa shape index (κ1) is 29.8. The van der Waals surface area contributed by atoms with E-state index < -0.39 is 0 Å². The summed E-state index contributed by atoms with van der Waals surface area (Å²) in [7, 11) is 1.42. The molecule has 1 aromatic carbocycles. The monoisotopic (exact) mass is 514 g/mol. The Morgan fingerprint density at radius 3 is 2.76 bits per heavy atom. The number of hydrogen-bond donors (Lipinski definition) is 0. The van der Waals surface area contributed by atoms with Crippen LogP contribution in [0.5, 0.6) is 0 Å². The highest BCUT2D eigenvalue weighted by molar-refractivity contribution is 5.81. The number of carbonyl (C=O) groups is 2. The van der Waals surface area contributed by atoms with E-state index in [0.29, 0.717) is 43.0 Å². The summed E-state index contributed by atoms with van der Waals surface area (Å²) in [5.41, 5.74) is 2.41. The van der Waals surface area contributed by atoms with Gasteiger partial charge < -0.3 is 14.2 Å². The minimum absolute atomic E-state index is 0.0365. The standard InChI is InChI=1S/C32H50O5/c1-4-9-26(21-25-11-7-17-36-19-16-25)22-30(33)27-12-6-14-29(23-27)32(28-13-5-10-24(2)20-28)37-18-8-15-31(34)35-3/h5,10,13,20,25-27,29,32H,4,6-9,11-12,14-19,21-23H2,1-3H3. The van der Waals surface area contributed by atoms with Crippen molar-refractivity contribution in [2.45, 2.75) is 103 Å². The van der Waals surface area contributed by atoms with Gasteiger partial charge in [0.15, 0.2) is 0 Å². The van der Waals surface area contributed by atoms with E-state index in [-0.39, 0.29) is 18.0 Å². The van der Waals surface area contributed by atoms with Crippen molar-refractivity contribution in [2.75, 3.05) is 26.9 Å². The summed E-state index contributed by atoms with van der Waals surface area (Å²) >= 11 is 0. The van der Waals surface area contributed by atoms with Crippen molar-refractivity contribution >= 4 is 11.8 Å². The molecule has 1 heterocycles. The third kappa shape index (κ3) is 10.2. The lowest BCUT2D eigenvalue weighted by Gasteiger charge is -2.35. The average molecular weight is 515 g/mol. The zero-order chi connectivity index (χ0) is 26.5. The summed E-state index contributed by atoms with van der Waals surface area (Å²) in [6.07, 6.45) is 12.8. The minimum Gasteiger partial charge on any atom is -0.469 e. The Bertz CT molecular complexity index is 813. The second kappa shape index (κ2) is 16.3. The van der Waals surface area contributed by atoms with E-state index in [1.54, 1.807) is 0 Å². The number of aryl methyl sites for hydroxylation is 1. The van der Waals surface area contributed by atoms with E-state index in [1.807, 2.05) is 0 Å². The van der Waals surface area contributed by atoms with Crippen LogP contribution in [-0.2, 0) is 23.8 Å². The Kier molecular flexibility index (Phi) is 13.1. The topological polar surface area (TPSA) is 61.8 Å². The van der Waals surface area contributed by atoms with Gasteiger partial charge in [-0.3, -0.25) is 9.59 Å². The fourth-order valence-corrected chi connectivity index (χ4v) is 6.52. The number of rotatable bonds is 14. The van der Waals surface area contributed by atoms with Crippen LogP contribution in [0.15, 0.2) is 24.3 Å². The van der Waals surface area contributed by atoms with E-state index in [2.05, 4.69) is 38.1 Å². The van der Waals surface area contributed by atoms with Gasteiger partial charge in [-0.1, -0.05) is 56.0 Å². The summed E-state index contributed by atoms with van der Waals surface area (Å²) in [6, 6.07) is 8.56. The van der Waals surface area contributed by atoms with E-state index in [0.717, 1.165) is 71.0 Å². The zero-order valence-corrected chi connectivity index (χ0v) is 23.6. The molecule has 2 aliphatic rings. The van der Waals surface area contributed by atoms with Gasteiger partial charge >= 0.3 is 5.97 Å². The van der Waals surface area contributed by atoms with Crippen LogP contribution in [0, 0.1) is 30.6 Å². The van der Waals surface area contributed by atoms with Crippen LogP contribution in [0.2, 0.25) is 0 Å². The first-order chi connectivity index (χ1) is 18.0. The molecule has 5 unspecified atom stereocenters. The number of methoxy groups -OCH3 is 1. The summed E-state index contributed by atoms with van der Waals surface area (Å²) in [4.78, 5) is 25.1. The molecule has 5 heteroatoms. The third-order valence-corrected chi connectivity index (χ3v) is 8.44. The molecule has 1 aromatic rings. The van der Waals surface area contributed by atoms with Gasteiger partial charge in [0.2, 0.25) is 0 Å². The molecule has 37 heavy (non-hydrogen) atoms. The predicted molar refractivity (Wildman–Crippen MR) is 147 cm³/mol. The predicted octanol–water partition coefficient (Wildman–Crippen LogP) is 7.39. The first-order valence-corrected chi connectivity index (χ1v) is 14.9. The van der Waals surface area contributed by atoms with Gasteiger partial charge in [-0.05, 0) is 81.6 Å². The molecule has 0 amide bonds. The molecule has 5 atom stereocenters. The van der Waals surface area contributed by atoms with Crippen molar-refractivity contribution < 1.29 is 23.8 Å². The van der Waals surface area contributed by atoms with E-state index in [1.165, 1.54) is 31.1 Å². The Morgan fingerprint density at radius 2 is 1.97 bits per heavy atom.